The standard InChI is InChI=1S/C28H34N2O7/c1-5-14-35-24(32)28(18-31,17-30-26(34)37-27(2,3)4)16-29-25(33)36-15-23-21-12-8-6-10-19(21)20-11-7-9-13-22(20)23/h5-13,23,31H,1,14-18H2,2-4H3,(H,29,33)(H,30,34). The summed E-state index contributed by atoms with van der Waals surface area (Å²) in [5.74, 6) is -0.947. The number of fused-ring (bicyclic) bond motifs is 3. The molecule has 0 spiro atoms. The lowest BCUT2D eigenvalue weighted by molar-refractivity contribution is -0.156. The summed E-state index contributed by atoms with van der Waals surface area (Å²) >= 11 is 0. The Hall–Kier alpha value is -3.85. The maximum atomic E-state index is 12.8. The predicted octanol–water partition coefficient (Wildman–Crippen LogP) is 3.76. The SMILES string of the molecule is C=CCOC(=O)C(CO)(CNC(=O)OCC1c2ccccc2-c2ccccc21)CNC(=O)OC(C)(C)C. The smallest absolute Gasteiger partial charge is 0.407 e. The number of nitrogens with one attached hydrogen (secondary N) is 2. The third kappa shape index (κ3) is 6.89. The van der Waals surface area contributed by atoms with Gasteiger partial charge < -0.3 is 30.0 Å². The molecule has 2 aromatic carbocycles. The monoisotopic (exact) mass is 510 g/mol. The summed E-state index contributed by atoms with van der Waals surface area (Å²) in [4.78, 5) is 37.6. The number of hydrogen-bond donors (Lipinski definition) is 3. The molecule has 2 aromatic rings. The van der Waals surface area contributed by atoms with Gasteiger partial charge in [0.25, 0.3) is 0 Å². The third-order valence-corrected chi connectivity index (χ3v) is 5.95. The molecular weight excluding hydrogens is 476 g/mol. The quantitative estimate of drug-likeness (QED) is 0.253. The van der Waals surface area contributed by atoms with E-state index in [0.29, 0.717) is 0 Å². The van der Waals surface area contributed by atoms with Crippen molar-refractivity contribution in [3.8, 4) is 11.1 Å². The van der Waals surface area contributed by atoms with Gasteiger partial charge in [0.2, 0.25) is 0 Å². The van der Waals surface area contributed by atoms with Gasteiger partial charge in [0.05, 0.1) is 6.61 Å². The average molecular weight is 511 g/mol. The van der Waals surface area contributed by atoms with E-state index in [2.05, 4.69) is 17.2 Å². The van der Waals surface area contributed by atoms with E-state index in [1.807, 2.05) is 48.5 Å². The minimum Gasteiger partial charge on any atom is -0.461 e. The lowest BCUT2D eigenvalue weighted by Crippen LogP contribution is -2.53. The van der Waals surface area contributed by atoms with Crippen LogP contribution in [0.4, 0.5) is 9.59 Å². The number of esters is 1. The summed E-state index contributed by atoms with van der Waals surface area (Å²) in [6, 6.07) is 15.9. The molecule has 1 aliphatic rings. The Morgan fingerprint density at radius 1 is 0.919 bits per heavy atom. The van der Waals surface area contributed by atoms with Crippen molar-refractivity contribution in [1.82, 2.24) is 10.6 Å². The van der Waals surface area contributed by atoms with Crippen molar-refractivity contribution < 1.29 is 33.7 Å². The Bertz CT molecular complexity index is 1100. The zero-order valence-corrected chi connectivity index (χ0v) is 21.4. The van der Waals surface area contributed by atoms with Gasteiger partial charge in [0, 0.05) is 19.0 Å². The number of carbonyl (C=O) groups excluding carboxylic acids is 3. The van der Waals surface area contributed by atoms with Crippen molar-refractivity contribution in [3.05, 3.63) is 72.3 Å². The van der Waals surface area contributed by atoms with Crippen LogP contribution in [-0.2, 0) is 19.0 Å². The molecule has 2 amide bonds. The van der Waals surface area contributed by atoms with Crippen LogP contribution in [0.25, 0.3) is 11.1 Å². The third-order valence-electron chi connectivity index (χ3n) is 5.95. The van der Waals surface area contributed by atoms with Gasteiger partial charge in [-0.05, 0) is 43.0 Å². The van der Waals surface area contributed by atoms with Crippen LogP contribution in [-0.4, -0.2) is 61.8 Å². The molecule has 0 heterocycles. The van der Waals surface area contributed by atoms with Crippen LogP contribution in [0.5, 0.6) is 0 Å². The molecule has 3 rings (SSSR count). The van der Waals surface area contributed by atoms with Crippen LogP contribution in [0.15, 0.2) is 61.2 Å². The number of rotatable bonds is 10. The van der Waals surface area contributed by atoms with Gasteiger partial charge in [0.1, 0.15) is 24.2 Å². The van der Waals surface area contributed by atoms with Crippen molar-refractivity contribution in [2.45, 2.75) is 32.3 Å². The normalized spacial score (nSPS) is 13.9. The minimum atomic E-state index is -1.66. The number of carbonyl (C=O) groups is 3. The first-order valence-corrected chi connectivity index (χ1v) is 12.0. The van der Waals surface area contributed by atoms with E-state index in [1.165, 1.54) is 6.08 Å². The van der Waals surface area contributed by atoms with Crippen molar-refractivity contribution >= 4 is 18.2 Å². The van der Waals surface area contributed by atoms with Gasteiger partial charge >= 0.3 is 18.2 Å². The van der Waals surface area contributed by atoms with Crippen LogP contribution < -0.4 is 10.6 Å². The number of amides is 2. The van der Waals surface area contributed by atoms with Crippen LogP contribution in [0.3, 0.4) is 0 Å². The van der Waals surface area contributed by atoms with Crippen molar-refractivity contribution in [3.63, 3.8) is 0 Å². The average Bonchev–Trinajstić information content (AvgIpc) is 3.19. The highest BCUT2D eigenvalue weighted by atomic mass is 16.6. The summed E-state index contributed by atoms with van der Waals surface area (Å²) < 4.78 is 15.9. The molecule has 0 saturated heterocycles. The zero-order chi connectivity index (χ0) is 27.1. The highest BCUT2D eigenvalue weighted by molar-refractivity contribution is 5.81. The van der Waals surface area contributed by atoms with Crippen LogP contribution in [0.2, 0.25) is 0 Å². The van der Waals surface area contributed by atoms with E-state index in [9.17, 15) is 19.5 Å². The zero-order valence-electron chi connectivity index (χ0n) is 21.4. The second-order valence-corrected chi connectivity index (χ2v) is 9.86. The van der Waals surface area contributed by atoms with Gasteiger partial charge in [0.15, 0.2) is 0 Å². The molecule has 0 radical (unpaired) electrons. The summed E-state index contributed by atoms with van der Waals surface area (Å²) in [6.07, 6.45) is -0.170. The molecule has 0 fully saturated rings. The summed E-state index contributed by atoms with van der Waals surface area (Å²) in [7, 11) is 0. The summed E-state index contributed by atoms with van der Waals surface area (Å²) in [6.45, 7) is 7.20. The molecule has 0 aliphatic heterocycles. The maximum Gasteiger partial charge on any atom is 0.407 e. The lowest BCUT2D eigenvalue weighted by Gasteiger charge is -2.30. The molecule has 0 aromatic heterocycles. The van der Waals surface area contributed by atoms with Crippen molar-refractivity contribution in [2.24, 2.45) is 5.41 Å². The maximum absolute atomic E-state index is 12.8. The fourth-order valence-electron chi connectivity index (χ4n) is 4.12. The van der Waals surface area contributed by atoms with Crippen LogP contribution >= 0.6 is 0 Å². The van der Waals surface area contributed by atoms with Crippen molar-refractivity contribution in [1.29, 1.82) is 0 Å². The molecule has 1 atom stereocenters. The molecule has 198 valence electrons. The summed E-state index contributed by atoms with van der Waals surface area (Å²) in [5.41, 5.74) is 1.92. The van der Waals surface area contributed by atoms with E-state index in [1.54, 1.807) is 20.8 Å². The Kier molecular flexibility index (Phi) is 8.94. The number of benzene rings is 2. The second kappa shape index (κ2) is 11.9. The van der Waals surface area contributed by atoms with Crippen LogP contribution in [0, 0.1) is 5.41 Å². The van der Waals surface area contributed by atoms with E-state index in [0.717, 1.165) is 22.3 Å². The molecule has 1 unspecified atom stereocenters. The second-order valence-electron chi connectivity index (χ2n) is 9.86. The number of aliphatic hydroxyl groups is 1. The Morgan fingerprint density at radius 3 is 1.97 bits per heavy atom. The Labute approximate surface area is 216 Å². The van der Waals surface area contributed by atoms with E-state index in [4.69, 9.17) is 14.2 Å². The topological polar surface area (TPSA) is 123 Å². The number of alkyl carbamates (subject to hydrolysis) is 2. The van der Waals surface area contributed by atoms with E-state index < -0.39 is 35.8 Å². The van der Waals surface area contributed by atoms with E-state index >= 15 is 0 Å². The first kappa shape index (κ1) is 27.7. The minimum absolute atomic E-state index is 0.0864. The van der Waals surface area contributed by atoms with Gasteiger partial charge in [-0.3, -0.25) is 4.79 Å². The molecular formula is C28H34N2O7. The summed E-state index contributed by atoms with van der Waals surface area (Å²) in [5, 5.41) is 15.1. The molecule has 0 saturated carbocycles. The first-order valence-electron chi connectivity index (χ1n) is 12.0. The molecule has 37 heavy (non-hydrogen) atoms. The number of aliphatic hydroxyl groups excluding tert-OH is 1. The highest BCUT2D eigenvalue weighted by Gasteiger charge is 2.41. The molecule has 9 heteroatoms. The van der Waals surface area contributed by atoms with Gasteiger partial charge in [-0.15, -0.1) is 0 Å². The number of ether oxygens (including phenoxy) is 3. The van der Waals surface area contributed by atoms with Crippen LogP contribution in [0.1, 0.15) is 37.8 Å². The molecule has 3 N–H and O–H groups in total. The van der Waals surface area contributed by atoms with Gasteiger partial charge in [-0.1, -0.05) is 61.2 Å². The first-order chi connectivity index (χ1) is 17.6. The largest absolute Gasteiger partial charge is 0.461 e. The molecule has 1 aliphatic carbocycles. The predicted molar refractivity (Wildman–Crippen MR) is 138 cm³/mol. The molecule has 9 nitrogen and oxygen atoms in total. The number of hydrogen-bond acceptors (Lipinski definition) is 7. The highest BCUT2D eigenvalue weighted by Crippen LogP contribution is 2.44. The Morgan fingerprint density at radius 2 is 1.46 bits per heavy atom. The van der Waals surface area contributed by atoms with Crippen molar-refractivity contribution in [2.75, 3.05) is 32.9 Å². The van der Waals surface area contributed by atoms with Gasteiger partial charge in [-0.25, -0.2) is 9.59 Å². The van der Waals surface area contributed by atoms with E-state index in [-0.39, 0.29) is 32.2 Å². The lowest BCUT2D eigenvalue weighted by atomic mass is 9.88. The van der Waals surface area contributed by atoms with Gasteiger partial charge in [-0.2, -0.15) is 0 Å². The Balaban J connectivity index is 1.66. The fraction of sp³-hybridized carbons (Fsp3) is 0.393. The molecule has 0 bridgehead atoms. The fourth-order valence-corrected chi connectivity index (χ4v) is 4.12.